The number of ether oxygens (including phenoxy) is 2. The summed E-state index contributed by atoms with van der Waals surface area (Å²) in [5.41, 5.74) is 1.06. The zero-order valence-corrected chi connectivity index (χ0v) is 20.5. The van der Waals surface area contributed by atoms with Crippen molar-refractivity contribution in [3.05, 3.63) is 35.9 Å². The summed E-state index contributed by atoms with van der Waals surface area (Å²) in [7, 11) is 0. The minimum Gasteiger partial charge on any atom is -0.466 e. The molecular formula is C24H33N3O6S. The Morgan fingerprint density at radius 1 is 1.12 bits per heavy atom. The molecule has 1 unspecified atom stereocenters. The molecule has 186 valence electrons. The highest BCUT2D eigenvalue weighted by molar-refractivity contribution is 7.80. The molecule has 1 atom stereocenters. The van der Waals surface area contributed by atoms with Crippen molar-refractivity contribution in [3.63, 3.8) is 0 Å². The van der Waals surface area contributed by atoms with Gasteiger partial charge in [0.1, 0.15) is 6.04 Å². The first-order chi connectivity index (χ1) is 16.3. The number of nitrogens with one attached hydrogen (secondary N) is 2. The van der Waals surface area contributed by atoms with E-state index in [0.717, 1.165) is 12.0 Å². The van der Waals surface area contributed by atoms with Crippen molar-refractivity contribution in [2.45, 2.75) is 52.0 Å². The molecular weight excluding hydrogens is 458 g/mol. The second-order valence-corrected chi connectivity index (χ2v) is 8.80. The molecule has 10 heteroatoms. The fourth-order valence-electron chi connectivity index (χ4n) is 3.25. The van der Waals surface area contributed by atoms with E-state index in [9.17, 15) is 19.2 Å². The van der Waals surface area contributed by atoms with Crippen LogP contribution in [0.4, 0.5) is 0 Å². The van der Waals surface area contributed by atoms with Crippen LogP contribution in [-0.2, 0) is 35.1 Å². The van der Waals surface area contributed by atoms with Gasteiger partial charge in [0.15, 0.2) is 5.11 Å². The number of nitrogens with zero attached hydrogens (tertiary/aromatic N) is 1. The average molecular weight is 492 g/mol. The predicted molar refractivity (Wildman–Crippen MR) is 130 cm³/mol. The van der Waals surface area contributed by atoms with Gasteiger partial charge in [-0.15, -0.1) is 0 Å². The van der Waals surface area contributed by atoms with Crippen molar-refractivity contribution in [1.29, 1.82) is 0 Å². The maximum Gasteiger partial charge on any atom is 0.308 e. The van der Waals surface area contributed by atoms with Gasteiger partial charge < -0.3 is 25.0 Å². The third-order valence-electron chi connectivity index (χ3n) is 5.21. The highest BCUT2D eigenvalue weighted by atomic mass is 32.1. The molecule has 9 nitrogen and oxygen atoms in total. The molecule has 1 saturated heterocycles. The van der Waals surface area contributed by atoms with Gasteiger partial charge in [0, 0.05) is 25.9 Å². The van der Waals surface area contributed by atoms with E-state index >= 15 is 0 Å². The molecule has 34 heavy (non-hydrogen) atoms. The minimum atomic E-state index is -0.865. The van der Waals surface area contributed by atoms with Crippen molar-refractivity contribution in [2.75, 3.05) is 26.3 Å². The topological polar surface area (TPSA) is 114 Å². The van der Waals surface area contributed by atoms with Gasteiger partial charge in [-0.05, 0) is 30.1 Å². The standard InChI is InChI=1S/C24H33N3O6S/c1-17(2)10-14-33-22(30)16-19-23(31)25-12-13-27(19)24(34)26-20(28)8-9-21(29)32-15-11-18-6-4-3-5-7-18/h3-7,17,19H,8-16H2,1-2H3,(H,25,31)(H,26,28,34). The van der Waals surface area contributed by atoms with Gasteiger partial charge in [0.25, 0.3) is 0 Å². The summed E-state index contributed by atoms with van der Waals surface area (Å²) in [5, 5.41) is 5.29. The minimum absolute atomic E-state index is 0.0391. The first-order valence-electron chi connectivity index (χ1n) is 11.5. The molecule has 1 heterocycles. The number of thiocarbonyl (C=S) groups is 1. The fraction of sp³-hybridized carbons (Fsp3) is 0.542. The number of benzene rings is 1. The first kappa shape index (κ1) is 27.2. The molecule has 0 saturated carbocycles. The van der Waals surface area contributed by atoms with E-state index in [1.807, 2.05) is 44.2 Å². The highest BCUT2D eigenvalue weighted by Gasteiger charge is 2.34. The largest absolute Gasteiger partial charge is 0.466 e. The summed E-state index contributed by atoms with van der Waals surface area (Å²) in [5.74, 6) is -1.40. The normalized spacial score (nSPS) is 15.4. The lowest BCUT2D eigenvalue weighted by Crippen LogP contribution is -2.60. The lowest BCUT2D eigenvalue weighted by atomic mass is 10.1. The average Bonchev–Trinajstić information content (AvgIpc) is 2.79. The molecule has 1 aliphatic rings. The molecule has 1 aliphatic heterocycles. The lowest BCUT2D eigenvalue weighted by molar-refractivity contribution is -0.147. The molecule has 1 aromatic rings. The zero-order valence-electron chi connectivity index (χ0n) is 19.7. The van der Waals surface area contributed by atoms with E-state index in [1.165, 1.54) is 4.90 Å². The number of piperazine rings is 1. The summed E-state index contributed by atoms with van der Waals surface area (Å²) < 4.78 is 10.4. The number of carbonyl (C=O) groups excluding carboxylic acids is 4. The third kappa shape index (κ3) is 9.86. The van der Waals surface area contributed by atoms with Crippen LogP contribution in [0.5, 0.6) is 0 Å². The molecule has 0 bridgehead atoms. The van der Waals surface area contributed by atoms with Crippen molar-refractivity contribution < 1.29 is 28.7 Å². The van der Waals surface area contributed by atoms with Crippen LogP contribution in [-0.4, -0.2) is 66.1 Å². The molecule has 0 aromatic heterocycles. The van der Waals surface area contributed by atoms with Crippen LogP contribution >= 0.6 is 12.2 Å². The van der Waals surface area contributed by atoms with Gasteiger partial charge in [0.2, 0.25) is 11.8 Å². The van der Waals surface area contributed by atoms with E-state index < -0.39 is 23.9 Å². The van der Waals surface area contributed by atoms with Crippen LogP contribution in [0, 0.1) is 5.92 Å². The van der Waals surface area contributed by atoms with Crippen LogP contribution in [0.15, 0.2) is 30.3 Å². The summed E-state index contributed by atoms with van der Waals surface area (Å²) in [6, 6.07) is 8.77. The van der Waals surface area contributed by atoms with Crippen LogP contribution in [0.25, 0.3) is 0 Å². The van der Waals surface area contributed by atoms with Crippen LogP contribution in [0.3, 0.4) is 0 Å². The number of rotatable bonds is 11. The highest BCUT2D eigenvalue weighted by Crippen LogP contribution is 2.12. The summed E-state index contributed by atoms with van der Waals surface area (Å²) in [4.78, 5) is 50.2. The number of carbonyl (C=O) groups is 4. The summed E-state index contributed by atoms with van der Waals surface area (Å²) in [6.07, 6.45) is 0.964. The molecule has 2 amide bonds. The van der Waals surface area contributed by atoms with Crippen molar-refractivity contribution in [3.8, 4) is 0 Å². The zero-order chi connectivity index (χ0) is 24.9. The van der Waals surface area contributed by atoms with Gasteiger partial charge in [-0.25, -0.2) is 0 Å². The smallest absolute Gasteiger partial charge is 0.308 e. The molecule has 0 aliphatic carbocycles. The summed E-state index contributed by atoms with van der Waals surface area (Å²) >= 11 is 5.30. The van der Waals surface area contributed by atoms with Gasteiger partial charge >= 0.3 is 11.9 Å². The van der Waals surface area contributed by atoms with Crippen molar-refractivity contribution >= 4 is 41.1 Å². The van der Waals surface area contributed by atoms with E-state index in [0.29, 0.717) is 25.4 Å². The SMILES string of the molecule is CC(C)CCOC(=O)CC1C(=O)NCCN1C(=S)NC(=O)CCC(=O)OCCc1ccccc1. The van der Waals surface area contributed by atoms with E-state index in [-0.39, 0.29) is 43.5 Å². The third-order valence-corrected chi connectivity index (χ3v) is 5.55. The number of hydrogen-bond acceptors (Lipinski definition) is 7. The molecule has 0 spiro atoms. The van der Waals surface area contributed by atoms with Gasteiger partial charge in [-0.2, -0.15) is 0 Å². The van der Waals surface area contributed by atoms with E-state index in [1.54, 1.807) is 0 Å². The predicted octanol–water partition coefficient (Wildman–Crippen LogP) is 1.73. The second-order valence-electron chi connectivity index (χ2n) is 8.42. The number of esters is 2. The monoisotopic (exact) mass is 491 g/mol. The second kappa shape index (κ2) is 14.3. The maximum absolute atomic E-state index is 12.3. The fourth-order valence-corrected chi connectivity index (χ4v) is 3.59. The first-order valence-corrected chi connectivity index (χ1v) is 11.9. The van der Waals surface area contributed by atoms with Gasteiger partial charge in [0.05, 0.1) is 26.1 Å². The van der Waals surface area contributed by atoms with Crippen LogP contribution in [0.2, 0.25) is 0 Å². The Bertz CT molecular complexity index is 862. The summed E-state index contributed by atoms with van der Waals surface area (Å²) in [6.45, 7) is 5.25. The molecule has 1 fully saturated rings. The van der Waals surface area contributed by atoms with E-state index in [4.69, 9.17) is 21.7 Å². The molecule has 1 aromatic carbocycles. The Balaban J connectivity index is 1.75. The number of amides is 2. The van der Waals surface area contributed by atoms with E-state index in [2.05, 4.69) is 10.6 Å². The van der Waals surface area contributed by atoms with Gasteiger partial charge in [-0.1, -0.05) is 44.2 Å². The Hall–Kier alpha value is -3.01. The maximum atomic E-state index is 12.3. The van der Waals surface area contributed by atoms with Crippen molar-refractivity contribution in [1.82, 2.24) is 15.5 Å². The lowest BCUT2D eigenvalue weighted by Gasteiger charge is -2.36. The Morgan fingerprint density at radius 2 is 1.82 bits per heavy atom. The van der Waals surface area contributed by atoms with Crippen molar-refractivity contribution in [2.24, 2.45) is 5.92 Å². The Morgan fingerprint density at radius 3 is 2.53 bits per heavy atom. The van der Waals surface area contributed by atoms with Crippen LogP contribution < -0.4 is 10.6 Å². The quantitative estimate of drug-likeness (QED) is 0.355. The Kier molecular flexibility index (Phi) is 11.5. The Labute approximate surface area is 205 Å². The molecule has 0 radical (unpaired) electrons. The van der Waals surface area contributed by atoms with Gasteiger partial charge in [-0.3, -0.25) is 19.2 Å². The molecule has 2 rings (SSSR count). The van der Waals surface area contributed by atoms with Crippen LogP contribution in [0.1, 0.15) is 45.1 Å². The molecule has 2 N–H and O–H groups in total. The number of hydrogen-bond donors (Lipinski definition) is 2.